The van der Waals surface area contributed by atoms with E-state index < -0.39 is 39.5 Å². The molecule has 0 radical (unpaired) electrons. The topological polar surface area (TPSA) is 96.8 Å². The summed E-state index contributed by atoms with van der Waals surface area (Å²) in [7, 11) is -1.64. The highest BCUT2D eigenvalue weighted by Crippen LogP contribution is 2.30. The number of carboxylic acid groups (broad SMARTS) is 1. The quantitative estimate of drug-likeness (QED) is 0.792. The molecule has 0 aliphatic carbocycles. The fourth-order valence-corrected chi connectivity index (χ4v) is 3.70. The Morgan fingerprint density at radius 2 is 2.07 bits per heavy atom. The van der Waals surface area contributed by atoms with Crippen LogP contribution in [-0.2, 0) is 20.3 Å². The smallest absolute Gasteiger partial charge is 0.414 e. The first kappa shape index (κ1) is 19.9. The van der Waals surface area contributed by atoms with Crippen molar-refractivity contribution in [1.82, 2.24) is 4.98 Å². The number of anilines is 1. The first-order valence-corrected chi connectivity index (χ1v) is 10.0. The van der Waals surface area contributed by atoms with E-state index >= 15 is 0 Å². The van der Waals surface area contributed by atoms with Crippen LogP contribution < -0.4 is 4.90 Å². The van der Waals surface area contributed by atoms with Gasteiger partial charge in [-0.15, -0.1) is 0 Å². The Morgan fingerprint density at radius 3 is 2.64 bits per heavy atom. The lowest BCUT2D eigenvalue weighted by atomic mass is 10.0. The van der Waals surface area contributed by atoms with Gasteiger partial charge >= 0.3 is 12.1 Å². The number of aliphatic carboxylic acids is 1. The monoisotopic (exact) mass is 406 g/mol. The molecular weight excluding hydrogens is 387 g/mol. The summed E-state index contributed by atoms with van der Waals surface area (Å²) in [5.41, 5.74) is 1.57. The van der Waals surface area contributed by atoms with Crippen molar-refractivity contribution in [3.8, 4) is 11.1 Å². The van der Waals surface area contributed by atoms with Gasteiger partial charge in [0.1, 0.15) is 16.7 Å². The fraction of sp³-hybridized carbons (Fsp3) is 0.316. The summed E-state index contributed by atoms with van der Waals surface area (Å²) in [5.74, 6) is -1.65. The summed E-state index contributed by atoms with van der Waals surface area (Å²) < 4.78 is 29.5. The standard InChI is InChI=1S/C19H19FN2O5S/c1-19(17(23)24,28(2)26)9-14-11-22(18(25)27-14)13-5-3-12(4-6-13)15-7-8-21-10-16(15)20/h3-8,10,14H,9,11H2,1-2H3,(H,23,24). The molecule has 3 unspecified atom stereocenters. The molecule has 148 valence electrons. The number of carboxylic acids is 1. The van der Waals surface area contributed by atoms with E-state index in [2.05, 4.69) is 4.98 Å². The van der Waals surface area contributed by atoms with Crippen molar-refractivity contribution in [3.05, 3.63) is 48.5 Å². The Labute approximate surface area is 163 Å². The Morgan fingerprint density at radius 1 is 1.39 bits per heavy atom. The number of aromatic nitrogens is 1. The predicted octanol–water partition coefficient (Wildman–Crippen LogP) is 2.82. The third-order valence-corrected chi connectivity index (χ3v) is 6.45. The zero-order valence-corrected chi connectivity index (χ0v) is 16.1. The molecule has 1 aliphatic rings. The first-order chi connectivity index (χ1) is 13.2. The van der Waals surface area contributed by atoms with Gasteiger partial charge in [-0.05, 0) is 30.7 Å². The predicted molar refractivity (Wildman–Crippen MR) is 102 cm³/mol. The van der Waals surface area contributed by atoms with Crippen LogP contribution in [0.3, 0.4) is 0 Å². The summed E-state index contributed by atoms with van der Waals surface area (Å²) in [6.45, 7) is 1.52. The largest absolute Gasteiger partial charge is 0.480 e. The summed E-state index contributed by atoms with van der Waals surface area (Å²) in [5, 5.41) is 9.39. The molecule has 3 rings (SSSR count). The summed E-state index contributed by atoms with van der Waals surface area (Å²) >= 11 is 0. The summed E-state index contributed by atoms with van der Waals surface area (Å²) in [6, 6.07) is 8.23. The zero-order chi connectivity index (χ0) is 20.5. The number of amides is 1. The molecule has 0 saturated carbocycles. The number of carbonyl (C=O) groups excluding carboxylic acids is 1. The van der Waals surface area contributed by atoms with E-state index in [1.165, 1.54) is 24.3 Å². The maximum absolute atomic E-state index is 13.9. The van der Waals surface area contributed by atoms with Gasteiger partial charge in [0.25, 0.3) is 0 Å². The van der Waals surface area contributed by atoms with Crippen LogP contribution in [0.25, 0.3) is 11.1 Å². The molecule has 1 saturated heterocycles. The molecule has 9 heteroatoms. The highest BCUT2D eigenvalue weighted by molar-refractivity contribution is 7.86. The molecular formula is C19H19FN2O5S. The van der Waals surface area contributed by atoms with Crippen LogP contribution in [0.1, 0.15) is 13.3 Å². The van der Waals surface area contributed by atoms with Crippen molar-refractivity contribution in [1.29, 1.82) is 0 Å². The second-order valence-corrected chi connectivity index (χ2v) is 8.52. The molecule has 2 aromatic rings. The van der Waals surface area contributed by atoms with Gasteiger partial charge in [0.2, 0.25) is 0 Å². The van der Waals surface area contributed by atoms with E-state index in [4.69, 9.17) is 4.74 Å². The fourth-order valence-electron chi connectivity index (χ4n) is 3.03. The average molecular weight is 406 g/mol. The maximum atomic E-state index is 13.9. The van der Waals surface area contributed by atoms with Crippen LogP contribution in [0.15, 0.2) is 42.7 Å². The van der Waals surface area contributed by atoms with Crippen molar-refractivity contribution in [2.45, 2.75) is 24.2 Å². The second-order valence-electron chi connectivity index (χ2n) is 6.71. The molecule has 3 atom stereocenters. The van der Waals surface area contributed by atoms with Gasteiger partial charge in [-0.2, -0.15) is 0 Å². The molecule has 0 bridgehead atoms. The van der Waals surface area contributed by atoms with Gasteiger partial charge < -0.3 is 9.84 Å². The van der Waals surface area contributed by atoms with Gasteiger partial charge in [0.05, 0.1) is 12.7 Å². The minimum absolute atomic E-state index is 0.0615. The van der Waals surface area contributed by atoms with E-state index in [0.717, 1.165) is 6.20 Å². The van der Waals surface area contributed by atoms with Crippen molar-refractivity contribution in [3.63, 3.8) is 0 Å². The van der Waals surface area contributed by atoms with Crippen molar-refractivity contribution >= 4 is 28.5 Å². The Hall–Kier alpha value is -2.81. The van der Waals surface area contributed by atoms with Crippen molar-refractivity contribution in [2.24, 2.45) is 0 Å². The Balaban J connectivity index is 1.76. The van der Waals surface area contributed by atoms with E-state index in [1.54, 1.807) is 30.3 Å². The van der Waals surface area contributed by atoms with Gasteiger partial charge in [-0.25, -0.2) is 9.18 Å². The normalized spacial score (nSPS) is 19.8. The number of hydrogen-bond acceptors (Lipinski definition) is 5. The minimum atomic E-state index is -1.64. The molecule has 1 aromatic carbocycles. The van der Waals surface area contributed by atoms with Crippen LogP contribution >= 0.6 is 0 Å². The molecule has 28 heavy (non-hydrogen) atoms. The zero-order valence-electron chi connectivity index (χ0n) is 15.3. The lowest BCUT2D eigenvalue weighted by Crippen LogP contribution is -2.43. The molecule has 1 amide bonds. The number of hydrogen-bond donors (Lipinski definition) is 1. The third-order valence-electron chi connectivity index (χ3n) is 4.84. The van der Waals surface area contributed by atoms with Crippen LogP contribution in [0, 0.1) is 5.82 Å². The summed E-state index contributed by atoms with van der Waals surface area (Å²) in [6.07, 6.45) is 2.57. The van der Waals surface area contributed by atoms with E-state index in [1.807, 2.05) is 0 Å². The van der Waals surface area contributed by atoms with Crippen LogP contribution in [0.2, 0.25) is 0 Å². The molecule has 0 spiro atoms. The SMILES string of the molecule is CS(=O)C(C)(CC1CN(c2ccc(-c3ccncc3F)cc2)C(=O)O1)C(=O)O. The molecule has 2 heterocycles. The molecule has 1 fully saturated rings. The van der Waals surface area contributed by atoms with Crippen LogP contribution in [0.5, 0.6) is 0 Å². The summed E-state index contributed by atoms with van der Waals surface area (Å²) in [4.78, 5) is 28.8. The number of nitrogens with zero attached hydrogens (tertiary/aromatic N) is 2. The Kier molecular flexibility index (Phi) is 5.46. The number of cyclic esters (lactones) is 1. The molecule has 1 N–H and O–H groups in total. The Bertz CT molecular complexity index is 920. The van der Waals surface area contributed by atoms with Crippen molar-refractivity contribution in [2.75, 3.05) is 17.7 Å². The van der Waals surface area contributed by atoms with E-state index in [9.17, 15) is 23.3 Å². The maximum Gasteiger partial charge on any atom is 0.414 e. The van der Waals surface area contributed by atoms with Gasteiger partial charge in [-0.3, -0.25) is 18.9 Å². The highest BCUT2D eigenvalue weighted by Gasteiger charge is 2.44. The molecule has 1 aromatic heterocycles. The highest BCUT2D eigenvalue weighted by atomic mass is 32.2. The number of pyridine rings is 1. The lowest BCUT2D eigenvalue weighted by Gasteiger charge is -2.24. The van der Waals surface area contributed by atoms with Gasteiger partial charge in [-0.1, -0.05) is 12.1 Å². The van der Waals surface area contributed by atoms with Crippen molar-refractivity contribution < 1.29 is 28.0 Å². The van der Waals surface area contributed by atoms with Gasteiger partial charge in [0.15, 0.2) is 0 Å². The second kappa shape index (κ2) is 7.67. The van der Waals surface area contributed by atoms with E-state index in [0.29, 0.717) is 16.8 Å². The third kappa shape index (κ3) is 3.75. The molecule has 1 aliphatic heterocycles. The first-order valence-electron chi connectivity index (χ1n) is 8.47. The number of carbonyl (C=O) groups is 2. The lowest BCUT2D eigenvalue weighted by molar-refractivity contribution is -0.140. The average Bonchev–Trinajstić information content (AvgIpc) is 3.02. The van der Waals surface area contributed by atoms with Crippen LogP contribution in [-0.4, -0.2) is 50.0 Å². The van der Waals surface area contributed by atoms with E-state index in [-0.39, 0.29) is 13.0 Å². The van der Waals surface area contributed by atoms with Crippen LogP contribution in [0.4, 0.5) is 14.9 Å². The number of halogens is 1. The number of ether oxygens (including phenoxy) is 1. The number of rotatable bonds is 6. The minimum Gasteiger partial charge on any atom is -0.480 e. The number of benzene rings is 1. The van der Waals surface area contributed by atoms with Gasteiger partial charge in [0, 0.05) is 40.9 Å². The molecule has 7 nitrogen and oxygen atoms in total.